The summed E-state index contributed by atoms with van der Waals surface area (Å²) in [5.41, 5.74) is -0.306. The largest absolute Gasteiger partial charge is 0.198 e. The van der Waals surface area contributed by atoms with E-state index in [9.17, 15) is 0 Å². The van der Waals surface area contributed by atoms with E-state index in [1.807, 2.05) is 41.5 Å². The molecule has 0 saturated heterocycles. The second-order valence-electron chi connectivity index (χ2n) is 4.72. The van der Waals surface area contributed by atoms with Crippen molar-refractivity contribution in [2.45, 2.75) is 41.5 Å². The van der Waals surface area contributed by atoms with Gasteiger partial charge in [0.2, 0.25) is 0 Å². The van der Waals surface area contributed by atoms with Crippen LogP contribution in [0.5, 0.6) is 0 Å². The molecule has 0 aromatic rings. The first-order valence-corrected chi connectivity index (χ1v) is 3.95. The van der Waals surface area contributed by atoms with Crippen LogP contribution in [0.25, 0.3) is 0 Å². The highest BCUT2D eigenvalue weighted by Gasteiger charge is 2.04. The number of hydrogen-bond acceptors (Lipinski definition) is 2. The van der Waals surface area contributed by atoms with E-state index < -0.39 is 0 Å². The average Bonchev–Trinajstić information content (AvgIpc) is 1.86. The molecule has 0 aliphatic rings. The Bertz CT molecular complexity index is 166. The fourth-order valence-corrected chi connectivity index (χ4v) is 0. The smallest absolute Gasteiger partial charge is 0.0680 e. The first kappa shape index (κ1) is 13.6. The van der Waals surface area contributed by atoms with Crippen molar-refractivity contribution in [3.8, 4) is 12.1 Å². The molecule has 2 nitrogen and oxygen atoms in total. The van der Waals surface area contributed by atoms with Gasteiger partial charge in [-0.05, 0) is 41.5 Å². The van der Waals surface area contributed by atoms with Crippen molar-refractivity contribution in [1.29, 1.82) is 10.5 Å². The highest BCUT2D eigenvalue weighted by molar-refractivity contribution is 4.87. The molecule has 0 heterocycles. The van der Waals surface area contributed by atoms with Crippen LogP contribution in [0.3, 0.4) is 0 Å². The molecule has 0 bridgehead atoms. The van der Waals surface area contributed by atoms with Crippen LogP contribution in [-0.2, 0) is 0 Å². The van der Waals surface area contributed by atoms with E-state index in [1.54, 1.807) is 0 Å². The van der Waals surface area contributed by atoms with Crippen LogP contribution >= 0.6 is 0 Å². The van der Waals surface area contributed by atoms with E-state index in [2.05, 4.69) is 12.1 Å². The van der Waals surface area contributed by atoms with Crippen molar-refractivity contribution in [2.75, 3.05) is 0 Å². The molecule has 0 aliphatic carbocycles. The summed E-state index contributed by atoms with van der Waals surface area (Å²) < 4.78 is 0. The first-order chi connectivity index (χ1) is 5.12. The Hall–Kier alpha value is -1.02. The van der Waals surface area contributed by atoms with Crippen LogP contribution in [0, 0.1) is 33.5 Å². The van der Waals surface area contributed by atoms with E-state index in [0.717, 1.165) is 0 Å². The van der Waals surface area contributed by atoms with Crippen molar-refractivity contribution in [3.63, 3.8) is 0 Å². The van der Waals surface area contributed by atoms with Crippen LogP contribution < -0.4 is 0 Å². The molecule has 0 aromatic heterocycles. The molecular formula is C10H18N2. The molecule has 0 atom stereocenters. The van der Waals surface area contributed by atoms with Crippen molar-refractivity contribution in [3.05, 3.63) is 0 Å². The Labute approximate surface area is 75.8 Å². The highest BCUT2D eigenvalue weighted by Crippen LogP contribution is 2.08. The average molecular weight is 166 g/mol. The maximum absolute atomic E-state index is 8.15. The molecule has 2 heteroatoms. The van der Waals surface area contributed by atoms with E-state index in [0.29, 0.717) is 0 Å². The third-order valence-electron chi connectivity index (χ3n) is 0.671. The van der Waals surface area contributed by atoms with Gasteiger partial charge in [-0.1, -0.05) is 0 Å². The van der Waals surface area contributed by atoms with Crippen molar-refractivity contribution in [2.24, 2.45) is 10.8 Å². The maximum atomic E-state index is 8.15. The number of nitrogens with zero attached hydrogens (tertiary/aromatic N) is 2. The fourth-order valence-electron chi connectivity index (χ4n) is 0. The molecule has 0 aromatic carbocycles. The van der Waals surface area contributed by atoms with Crippen molar-refractivity contribution in [1.82, 2.24) is 0 Å². The Balaban J connectivity index is 0. The molecule has 12 heavy (non-hydrogen) atoms. The van der Waals surface area contributed by atoms with E-state index >= 15 is 0 Å². The molecule has 0 radical (unpaired) electrons. The Morgan fingerprint density at radius 3 is 0.750 bits per heavy atom. The zero-order chi connectivity index (χ0) is 10.4. The minimum Gasteiger partial charge on any atom is -0.198 e. The van der Waals surface area contributed by atoms with Crippen molar-refractivity contribution >= 4 is 0 Å². The van der Waals surface area contributed by atoms with Gasteiger partial charge in [-0.2, -0.15) is 10.5 Å². The van der Waals surface area contributed by atoms with Gasteiger partial charge >= 0.3 is 0 Å². The minimum atomic E-state index is -0.153. The van der Waals surface area contributed by atoms with Gasteiger partial charge in [0.05, 0.1) is 12.1 Å². The quantitative estimate of drug-likeness (QED) is 0.555. The molecule has 68 valence electrons. The van der Waals surface area contributed by atoms with Gasteiger partial charge in [-0.15, -0.1) is 0 Å². The Kier molecular flexibility index (Phi) is 5.40. The predicted octanol–water partition coefficient (Wildman–Crippen LogP) is 3.11. The normalized spacial score (nSPS) is 10.3. The molecule has 0 spiro atoms. The summed E-state index contributed by atoms with van der Waals surface area (Å²) in [6.07, 6.45) is 0. The summed E-state index contributed by atoms with van der Waals surface area (Å²) in [4.78, 5) is 0. The Morgan fingerprint density at radius 2 is 0.750 bits per heavy atom. The summed E-state index contributed by atoms with van der Waals surface area (Å²) in [6, 6.07) is 4.21. The van der Waals surface area contributed by atoms with E-state index in [-0.39, 0.29) is 10.8 Å². The molecule has 0 fully saturated rings. The SMILES string of the molecule is CC(C)(C)C#N.CC(C)(C)C#N. The maximum Gasteiger partial charge on any atom is 0.0680 e. The lowest BCUT2D eigenvalue weighted by Crippen LogP contribution is -1.97. The van der Waals surface area contributed by atoms with Gasteiger partial charge < -0.3 is 0 Å². The third-order valence-corrected chi connectivity index (χ3v) is 0.671. The van der Waals surface area contributed by atoms with Gasteiger partial charge in [0, 0.05) is 10.8 Å². The number of nitriles is 2. The third kappa shape index (κ3) is 23.1. The summed E-state index contributed by atoms with van der Waals surface area (Å²) in [7, 11) is 0. The molecular weight excluding hydrogens is 148 g/mol. The van der Waals surface area contributed by atoms with Gasteiger partial charge in [0.25, 0.3) is 0 Å². The summed E-state index contributed by atoms with van der Waals surface area (Å²) in [5, 5.41) is 16.3. The standard InChI is InChI=1S/2C5H9N/c2*1-5(2,3)4-6/h2*1-3H3. The zero-order valence-electron chi connectivity index (χ0n) is 8.89. The van der Waals surface area contributed by atoms with Gasteiger partial charge in [0.15, 0.2) is 0 Å². The van der Waals surface area contributed by atoms with Crippen LogP contribution in [0.4, 0.5) is 0 Å². The first-order valence-electron chi connectivity index (χ1n) is 3.95. The number of rotatable bonds is 0. The lowest BCUT2D eigenvalue weighted by atomic mass is 10.0. The second-order valence-corrected chi connectivity index (χ2v) is 4.72. The van der Waals surface area contributed by atoms with Crippen LogP contribution in [0.1, 0.15) is 41.5 Å². The minimum absolute atomic E-state index is 0.153. The second kappa shape index (κ2) is 4.78. The molecule has 0 unspecified atom stereocenters. The lowest BCUT2D eigenvalue weighted by molar-refractivity contribution is 0.561. The van der Waals surface area contributed by atoms with Crippen molar-refractivity contribution < 1.29 is 0 Å². The fraction of sp³-hybridized carbons (Fsp3) is 0.800. The highest BCUT2D eigenvalue weighted by atomic mass is 14.3. The molecule has 0 rings (SSSR count). The van der Waals surface area contributed by atoms with Crippen LogP contribution in [-0.4, -0.2) is 0 Å². The zero-order valence-corrected chi connectivity index (χ0v) is 8.89. The molecule has 0 aliphatic heterocycles. The lowest BCUT2D eigenvalue weighted by Gasteiger charge is -2.01. The Morgan fingerprint density at radius 1 is 0.667 bits per heavy atom. The molecule has 0 amide bonds. The van der Waals surface area contributed by atoms with Crippen LogP contribution in [0.2, 0.25) is 0 Å². The van der Waals surface area contributed by atoms with Crippen LogP contribution in [0.15, 0.2) is 0 Å². The van der Waals surface area contributed by atoms with E-state index in [1.165, 1.54) is 0 Å². The van der Waals surface area contributed by atoms with Gasteiger partial charge in [-0.25, -0.2) is 0 Å². The van der Waals surface area contributed by atoms with Gasteiger partial charge in [0.1, 0.15) is 0 Å². The van der Waals surface area contributed by atoms with Gasteiger partial charge in [-0.3, -0.25) is 0 Å². The van der Waals surface area contributed by atoms with E-state index in [4.69, 9.17) is 10.5 Å². The summed E-state index contributed by atoms with van der Waals surface area (Å²) in [6.45, 7) is 11.3. The summed E-state index contributed by atoms with van der Waals surface area (Å²) >= 11 is 0. The summed E-state index contributed by atoms with van der Waals surface area (Å²) in [5.74, 6) is 0. The molecule has 0 saturated carbocycles. The molecule has 0 N–H and O–H groups in total. The monoisotopic (exact) mass is 166 g/mol. The predicted molar refractivity (Wildman–Crippen MR) is 50.1 cm³/mol. The topological polar surface area (TPSA) is 47.6 Å². The number of hydrogen-bond donors (Lipinski definition) is 0.